The summed E-state index contributed by atoms with van der Waals surface area (Å²) >= 11 is 1.16. The van der Waals surface area contributed by atoms with Gasteiger partial charge < -0.3 is 0 Å². The number of halogens is 1. The molecule has 0 spiro atoms. The highest BCUT2D eigenvalue weighted by Gasteiger charge is 2.36. The number of benzene rings is 1. The molecular weight excluding hydrogens is 336 g/mol. The van der Waals surface area contributed by atoms with Crippen LogP contribution in [0.2, 0.25) is 0 Å². The van der Waals surface area contributed by atoms with Gasteiger partial charge in [0.15, 0.2) is 10.8 Å². The van der Waals surface area contributed by atoms with Crippen LogP contribution in [0.15, 0.2) is 34.7 Å². The molecule has 1 aromatic carbocycles. The van der Waals surface area contributed by atoms with E-state index in [4.69, 9.17) is 3.74 Å². The van der Waals surface area contributed by atoms with Gasteiger partial charge in [-0.25, -0.2) is 0 Å². The van der Waals surface area contributed by atoms with Crippen molar-refractivity contribution >= 4 is 32.1 Å². The Hall–Kier alpha value is -0.450. The van der Waals surface area contributed by atoms with Crippen LogP contribution in [0.3, 0.4) is 0 Å². The summed E-state index contributed by atoms with van der Waals surface area (Å²) < 4.78 is 42.7. The maximum absolute atomic E-state index is 11.0. The van der Waals surface area contributed by atoms with Crippen LogP contribution >= 0.6 is 22.7 Å². The van der Waals surface area contributed by atoms with Crippen molar-refractivity contribution in [3.63, 3.8) is 0 Å². The van der Waals surface area contributed by atoms with Crippen molar-refractivity contribution < 1.29 is 28.0 Å². The van der Waals surface area contributed by atoms with Gasteiger partial charge in [-0.05, 0) is 0 Å². The highest BCUT2D eigenvalue weighted by atomic mass is 35.7. The predicted molar refractivity (Wildman–Crippen MR) is 77.2 cm³/mol. The third kappa shape index (κ3) is 4.27. The average molecular weight is 351 g/mol. The largest absolute Gasteiger partial charge is 0.261 e. The second-order valence-corrected chi connectivity index (χ2v) is 7.58. The molecule has 9 heteroatoms. The lowest BCUT2D eigenvalue weighted by atomic mass is 10.2. The Morgan fingerprint density at radius 3 is 2.33 bits per heavy atom. The maximum atomic E-state index is 11.0. The fourth-order valence-corrected chi connectivity index (χ4v) is 5.72. The van der Waals surface area contributed by atoms with E-state index in [1.165, 1.54) is 0 Å². The number of hydrogen-bond donors (Lipinski definition) is 0. The Morgan fingerprint density at radius 2 is 1.81 bits per heavy atom. The first-order valence-corrected chi connectivity index (χ1v) is 9.39. The van der Waals surface area contributed by atoms with Crippen LogP contribution in [0, 0.1) is 10.2 Å². The summed E-state index contributed by atoms with van der Waals surface area (Å²) in [6.07, 6.45) is 0. The SMILES string of the molecule is CCN(CC)C1=S(O[Cl+3]([O-])([O-])[O-])C(c2ccccc2)=NS1. The van der Waals surface area contributed by atoms with Crippen LogP contribution < -0.4 is 14.0 Å². The smallest absolute Gasteiger partial charge is 0.186 e. The molecule has 0 N–H and O–H groups in total. The molecule has 1 aliphatic heterocycles. The van der Waals surface area contributed by atoms with Crippen LogP contribution in [0.1, 0.15) is 19.4 Å². The summed E-state index contributed by atoms with van der Waals surface area (Å²) in [6, 6.07) is 9.11. The van der Waals surface area contributed by atoms with Crippen LogP contribution in [-0.2, 0) is 3.74 Å². The fourth-order valence-electron chi connectivity index (χ4n) is 1.76. The highest BCUT2D eigenvalue weighted by molar-refractivity contribution is 8.41. The standard InChI is InChI=1S/C12H15ClN2O4S2/c1-3-15(4-2)12-20-14-11(10-8-6-5-7-9-10)21(12)19-13(16,17)18/h5-9H,3-4H2,1-2H3. The second kappa shape index (κ2) is 7.21. The number of rotatable bonds is 5. The van der Waals surface area contributed by atoms with Gasteiger partial charge in [-0.2, -0.15) is 18.4 Å². The molecule has 1 aromatic rings. The Balaban J connectivity index is 2.42. The molecule has 116 valence electrons. The molecule has 0 radical (unpaired) electrons. The summed E-state index contributed by atoms with van der Waals surface area (Å²) in [4.78, 5) is 1.94. The zero-order valence-electron chi connectivity index (χ0n) is 11.5. The quantitative estimate of drug-likeness (QED) is 0.531. The minimum absolute atomic E-state index is 0.467. The average Bonchev–Trinajstić information content (AvgIpc) is 2.83. The van der Waals surface area contributed by atoms with E-state index in [9.17, 15) is 14.0 Å². The molecule has 1 heterocycles. The van der Waals surface area contributed by atoms with Crippen molar-refractivity contribution in [2.75, 3.05) is 13.1 Å². The first kappa shape index (κ1) is 16.9. The van der Waals surface area contributed by atoms with E-state index in [1.54, 1.807) is 0 Å². The Morgan fingerprint density at radius 1 is 1.19 bits per heavy atom. The molecule has 0 saturated heterocycles. The number of nitrogens with zero attached hydrogens (tertiary/aromatic N) is 2. The normalized spacial score (nSPS) is 19.2. The Kier molecular flexibility index (Phi) is 5.81. The van der Waals surface area contributed by atoms with E-state index in [-0.39, 0.29) is 0 Å². The molecule has 1 unspecified atom stereocenters. The highest BCUT2D eigenvalue weighted by Crippen LogP contribution is 2.39. The van der Waals surface area contributed by atoms with Crippen molar-refractivity contribution in [1.82, 2.24) is 4.90 Å². The molecule has 6 nitrogen and oxygen atoms in total. The van der Waals surface area contributed by atoms with Crippen LogP contribution in [0.4, 0.5) is 0 Å². The lowest BCUT2D eigenvalue weighted by molar-refractivity contribution is -1.91. The second-order valence-electron chi connectivity index (χ2n) is 4.00. The molecule has 0 aliphatic carbocycles. The first-order valence-electron chi connectivity index (χ1n) is 6.23. The van der Waals surface area contributed by atoms with Crippen LogP contribution in [-0.4, -0.2) is 27.4 Å². The molecule has 0 amide bonds. The number of hydrogen-bond acceptors (Lipinski definition) is 7. The predicted octanol–water partition coefficient (Wildman–Crippen LogP) is -0.378. The van der Waals surface area contributed by atoms with Gasteiger partial charge in [0.05, 0.1) is 10.2 Å². The molecule has 1 aliphatic rings. The zero-order chi connectivity index (χ0) is 15.5. The van der Waals surface area contributed by atoms with Gasteiger partial charge in [0, 0.05) is 30.6 Å². The molecule has 0 bridgehead atoms. The van der Waals surface area contributed by atoms with Crippen molar-refractivity contribution in [2.45, 2.75) is 13.8 Å². The lowest BCUT2D eigenvalue weighted by Crippen LogP contribution is -2.60. The summed E-state index contributed by atoms with van der Waals surface area (Å²) in [5.41, 5.74) is 0.745. The van der Waals surface area contributed by atoms with Crippen LogP contribution in [0.5, 0.6) is 0 Å². The van der Waals surface area contributed by atoms with Gasteiger partial charge in [-0.1, -0.05) is 44.2 Å². The van der Waals surface area contributed by atoms with E-state index in [0.29, 0.717) is 22.5 Å². The van der Waals surface area contributed by atoms with Gasteiger partial charge >= 0.3 is 0 Å². The van der Waals surface area contributed by atoms with E-state index < -0.39 is 21.0 Å². The molecule has 0 saturated carbocycles. The van der Waals surface area contributed by atoms with E-state index >= 15 is 0 Å². The van der Waals surface area contributed by atoms with E-state index in [2.05, 4.69) is 4.40 Å². The first-order chi connectivity index (χ1) is 9.96. The molecule has 0 fully saturated rings. The Labute approximate surface area is 132 Å². The summed E-state index contributed by atoms with van der Waals surface area (Å²) in [6.45, 7) is 5.25. The monoisotopic (exact) mass is 350 g/mol. The van der Waals surface area contributed by atoms with Crippen molar-refractivity contribution in [2.24, 2.45) is 4.40 Å². The summed E-state index contributed by atoms with van der Waals surface area (Å²) in [5.74, 6) is 0. The van der Waals surface area contributed by atoms with E-state index in [0.717, 1.165) is 17.5 Å². The minimum atomic E-state index is -4.52. The molecule has 0 aromatic heterocycles. The van der Waals surface area contributed by atoms with Gasteiger partial charge in [-0.15, -0.1) is 0 Å². The van der Waals surface area contributed by atoms with Crippen molar-refractivity contribution in [3.05, 3.63) is 35.9 Å². The molecule has 1 atom stereocenters. The third-order valence-corrected chi connectivity index (χ3v) is 6.58. The van der Waals surface area contributed by atoms with Gasteiger partial charge in [0.1, 0.15) is 13.1 Å². The topological polar surface area (TPSA) is 94.0 Å². The maximum Gasteiger partial charge on any atom is 0.186 e. The third-order valence-electron chi connectivity index (χ3n) is 2.72. The molecule has 21 heavy (non-hydrogen) atoms. The lowest BCUT2D eigenvalue weighted by Gasteiger charge is -2.19. The summed E-state index contributed by atoms with van der Waals surface area (Å²) in [5, 5.41) is 0.467. The van der Waals surface area contributed by atoms with Crippen molar-refractivity contribution in [1.29, 1.82) is 0 Å². The molecule has 2 rings (SSSR count). The van der Waals surface area contributed by atoms with Crippen LogP contribution in [0.25, 0.3) is 0 Å². The summed E-state index contributed by atoms with van der Waals surface area (Å²) in [7, 11) is -5.83. The fraction of sp³-hybridized carbons (Fsp3) is 0.333. The van der Waals surface area contributed by atoms with Gasteiger partial charge in [0.25, 0.3) is 0 Å². The Bertz CT molecular complexity index is 556. The van der Waals surface area contributed by atoms with Crippen molar-refractivity contribution in [3.8, 4) is 0 Å². The van der Waals surface area contributed by atoms with E-state index in [1.807, 2.05) is 49.1 Å². The zero-order valence-corrected chi connectivity index (χ0v) is 13.9. The molecular formula is C12H15ClN2O4S2. The minimum Gasteiger partial charge on any atom is -0.261 e. The van der Waals surface area contributed by atoms with Gasteiger partial charge in [0.2, 0.25) is 0 Å². The van der Waals surface area contributed by atoms with Gasteiger partial charge in [-0.3, -0.25) is 4.90 Å².